The molecule has 0 bridgehead atoms. The van der Waals surface area contributed by atoms with Crippen molar-refractivity contribution in [3.8, 4) is 27.3 Å². The van der Waals surface area contributed by atoms with Crippen molar-refractivity contribution in [3.63, 3.8) is 0 Å². The van der Waals surface area contributed by atoms with Crippen LogP contribution in [0, 0.1) is 0 Å². The lowest BCUT2D eigenvalue weighted by Gasteiger charge is -2.10. The highest BCUT2D eigenvalue weighted by Crippen LogP contribution is 2.43. The Balaban J connectivity index is 1.69. The van der Waals surface area contributed by atoms with Gasteiger partial charge in [-0.25, -0.2) is 13.1 Å². The molecular weight excluding hydrogens is 554 g/mol. The van der Waals surface area contributed by atoms with Crippen LogP contribution in [-0.4, -0.2) is 15.5 Å². The molecule has 4 rings (SSSR count). The molecule has 0 aliphatic carbocycles. The number of ether oxygens (including phenoxy) is 1. The van der Waals surface area contributed by atoms with Crippen LogP contribution >= 0.6 is 34.5 Å². The molecule has 0 aliphatic heterocycles. The van der Waals surface area contributed by atoms with Crippen LogP contribution in [0.5, 0.6) is 5.75 Å². The van der Waals surface area contributed by atoms with Crippen LogP contribution in [0.1, 0.15) is 10.4 Å². The first-order chi connectivity index (χ1) is 17.0. The maximum atomic E-state index is 13.0. The van der Waals surface area contributed by atoms with Gasteiger partial charge in [0.15, 0.2) is 0 Å². The summed E-state index contributed by atoms with van der Waals surface area (Å²) in [5.41, 5.74) is 1.28. The molecule has 11 heteroatoms. The molecule has 0 saturated heterocycles. The second-order valence-corrected chi connectivity index (χ2v) is 11.4. The normalized spacial score (nSPS) is 12.1. The Morgan fingerprint density at radius 3 is 2.31 bits per heavy atom. The fourth-order valence-electron chi connectivity index (χ4n) is 3.48. The van der Waals surface area contributed by atoms with Gasteiger partial charge >= 0.3 is 6.18 Å². The first-order valence-corrected chi connectivity index (χ1v) is 13.4. The van der Waals surface area contributed by atoms with Crippen molar-refractivity contribution in [1.29, 1.82) is 0 Å². The predicted octanol–water partition coefficient (Wildman–Crippen LogP) is 7.89. The number of halogens is 5. The van der Waals surface area contributed by atoms with Crippen LogP contribution in [0.4, 0.5) is 13.2 Å². The van der Waals surface area contributed by atoms with Crippen molar-refractivity contribution in [2.24, 2.45) is 0 Å². The van der Waals surface area contributed by atoms with Gasteiger partial charge in [0.25, 0.3) is 0 Å². The molecule has 0 fully saturated rings. The highest BCUT2D eigenvalue weighted by molar-refractivity contribution is 7.89. The minimum atomic E-state index is -4.65. The number of benzene rings is 3. The first-order valence-electron chi connectivity index (χ1n) is 10.4. The fourth-order valence-corrected chi connectivity index (χ4v) is 6.25. The third kappa shape index (κ3) is 5.87. The molecule has 0 atom stereocenters. The number of thiophene rings is 1. The number of hydrogen-bond donors (Lipinski definition) is 1. The van der Waals surface area contributed by atoms with Crippen molar-refractivity contribution in [2.75, 3.05) is 7.11 Å². The molecule has 4 nitrogen and oxygen atoms in total. The van der Waals surface area contributed by atoms with Crippen molar-refractivity contribution < 1.29 is 26.3 Å². The van der Waals surface area contributed by atoms with Crippen LogP contribution in [0.15, 0.2) is 77.7 Å². The molecule has 1 aromatic heterocycles. The Hall–Kier alpha value is -2.56. The van der Waals surface area contributed by atoms with E-state index in [4.69, 9.17) is 27.9 Å². The van der Waals surface area contributed by atoms with Gasteiger partial charge in [0.05, 0.1) is 17.6 Å². The Kier molecular flexibility index (Phi) is 7.68. The average Bonchev–Trinajstić information content (AvgIpc) is 3.26. The summed E-state index contributed by atoms with van der Waals surface area (Å²) in [5, 5.41) is 0.894. The second-order valence-electron chi connectivity index (χ2n) is 7.66. The Labute approximate surface area is 220 Å². The van der Waals surface area contributed by atoms with E-state index in [1.165, 1.54) is 11.3 Å². The molecule has 188 valence electrons. The van der Waals surface area contributed by atoms with Gasteiger partial charge in [0.2, 0.25) is 10.0 Å². The van der Waals surface area contributed by atoms with Gasteiger partial charge in [-0.3, -0.25) is 0 Å². The summed E-state index contributed by atoms with van der Waals surface area (Å²) in [7, 11) is -2.64. The SMILES string of the molecule is COc1ccc(-c2sc(CNS(=O)(=O)c3cccc(C(F)(F)F)c3)cc2-c2ccc(Cl)cc2Cl)cc1. The van der Waals surface area contributed by atoms with Gasteiger partial charge in [-0.1, -0.05) is 35.3 Å². The topological polar surface area (TPSA) is 55.4 Å². The quantitative estimate of drug-likeness (QED) is 0.245. The maximum Gasteiger partial charge on any atom is 0.416 e. The molecule has 0 spiro atoms. The van der Waals surface area contributed by atoms with Crippen molar-refractivity contribution in [3.05, 3.63) is 93.3 Å². The predicted molar refractivity (Wildman–Crippen MR) is 137 cm³/mol. The number of sulfonamides is 1. The number of alkyl halides is 3. The van der Waals surface area contributed by atoms with E-state index in [2.05, 4.69) is 4.72 Å². The largest absolute Gasteiger partial charge is 0.497 e. The number of hydrogen-bond acceptors (Lipinski definition) is 4. The van der Waals surface area contributed by atoms with E-state index < -0.39 is 26.7 Å². The minimum Gasteiger partial charge on any atom is -0.497 e. The third-order valence-electron chi connectivity index (χ3n) is 5.26. The molecular formula is C25H18Cl2F3NO3S2. The van der Waals surface area contributed by atoms with E-state index in [1.807, 2.05) is 12.1 Å². The zero-order valence-electron chi connectivity index (χ0n) is 18.6. The first kappa shape index (κ1) is 26.5. The fraction of sp³-hybridized carbons (Fsp3) is 0.120. The van der Waals surface area contributed by atoms with Crippen molar-refractivity contribution in [2.45, 2.75) is 17.6 Å². The molecule has 4 aromatic rings. The zero-order valence-corrected chi connectivity index (χ0v) is 21.7. The van der Waals surface area contributed by atoms with Crippen molar-refractivity contribution in [1.82, 2.24) is 4.72 Å². The Morgan fingerprint density at radius 2 is 1.67 bits per heavy atom. The van der Waals surface area contributed by atoms with E-state index >= 15 is 0 Å². The van der Waals surface area contributed by atoms with E-state index in [-0.39, 0.29) is 6.54 Å². The van der Waals surface area contributed by atoms with Crippen LogP contribution in [-0.2, 0) is 22.7 Å². The number of methoxy groups -OCH3 is 1. The molecule has 0 radical (unpaired) electrons. The van der Waals surface area contributed by atoms with Crippen LogP contribution < -0.4 is 9.46 Å². The standard InChI is InChI=1S/C25H18Cl2F3NO3S2/c1-34-18-8-5-15(6-9-18)24-22(21-10-7-17(26)12-23(21)27)13-19(35-24)14-31-36(32,33)20-4-2-3-16(11-20)25(28,29)30/h2-13,31H,14H2,1H3. The van der Waals surface area contributed by atoms with E-state index in [0.717, 1.165) is 34.2 Å². The summed E-state index contributed by atoms with van der Waals surface area (Å²) < 4.78 is 72.3. The number of nitrogens with one attached hydrogen (secondary N) is 1. The molecule has 0 aliphatic rings. The van der Waals surface area contributed by atoms with Gasteiger partial charge in [-0.05, 0) is 66.2 Å². The minimum absolute atomic E-state index is 0.127. The summed E-state index contributed by atoms with van der Waals surface area (Å²) in [6.45, 7) is -0.127. The molecule has 1 N–H and O–H groups in total. The Bertz CT molecular complexity index is 1500. The van der Waals surface area contributed by atoms with E-state index in [1.54, 1.807) is 43.5 Å². The van der Waals surface area contributed by atoms with E-state index in [0.29, 0.717) is 32.3 Å². The average molecular weight is 572 g/mol. The monoisotopic (exact) mass is 571 g/mol. The van der Waals surface area contributed by atoms with Gasteiger partial charge in [-0.15, -0.1) is 11.3 Å². The lowest BCUT2D eigenvalue weighted by molar-refractivity contribution is -0.137. The summed E-state index contributed by atoms with van der Waals surface area (Å²) in [6.07, 6.45) is -4.65. The summed E-state index contributed by atoms with van der Waals surface area (Å²) in [5.74, 6) is 0.676. The van der Waals surface area contributed by atoms with Gasteiger partial charge < -0.3 is 4.74 Å². The van der Waals surface area contributed by atoms with Crippen LogP contribution in [0.25, 0.3) is 21.6 Å². The van der Waals surface area contributed by atoms with Gasteiger partial charge in [-0.2, -0.15) is 13.2 Å². The maximum absolute atomic E-state index is 13.0. The zero-order chi connectivity index (χ0) is 26.1. The van der Waals surface area contributed by atoms with Crippen LogP contribution in [0.2, 0.25) is 10.0 Å². The van der Waals surface area contributed by atoms with E-state index in [9.17, 15) is 21.6 Å². The molecule has 1 heterocycles. The number of rotatable bonds is 7. The second kappa shape index (κ2) is 10.4. The van der Waals surface area contributed by atoms with Crippen LogP contribution in [0.3, 0.4) is 0 Å². The smallest absolute Gasteiger partial charge is 0.416 e. The highest BCUT2D eigenvalue weighted by atomic mass is 35.5. The van der Waals surface area contributed by atoms with Gasteiger partial charge in [0.1, 0.15) is 5.75 Å². The van der Waals surface area contributed by atoms with Gasteiger partial charge in [0, 0.05) is 37.5 Å². The summed E-state index contributed by atoms with van der Waals surface area (Å²) in [6, 6.07) is 17.8. The lowest BCUT2D eigenvalue weighted by atomic mass is 10.0. The third-order valence-corrected chi connectivity index (χ3v) is 8.40. The molecule has 0 amide bonds. The molecule has 3 aromatic carbocycles. The summed E-state index contributed by atoms with van der Waals surface area (Å²) in [4.78, 5) is 0.998. The molecule has 0 unspecified atom stereocenters. The highest BCUT2D eigenvalue weighted by Gasteiger charge is 2.31. The molecule has 0 saturated carbocycles. The van der Waals surface area contributed by atoms with Crippen molar-refractivity contribution >= 4 is 44.6 Å². The molecule has 36 heavy (non-hydrogen) atoms. The Morgan fingerprint density at radius 1 is 0.944 bits per heavy atom. The summed E-state index contributed by atoms with van der Waals surface area (Å²) >= 11 is 13.9. The lowest BCUT2D eigenvalue weighted by Crippen LogP contribution is -2.23.